The Balaban J connectivity index is 1.58. The van der Waals surface area contributed by atoms with Crippen molar-refractivity contribution in [3.05, 3.63) is 156 Å². The van der Waals surface area contributed by atoms with Crippen LogP contribution in [-0.4, -0.2) is 19.3 Å². The average Bonchev–Trinajstić information content (AvgIpc) is 3.66. The van der Waals surface area contributed by atoms with Crippen LogP contribution in [0.15, 0.2) is 156 Å². The molecule has 0 N–H and O–H groups in total. The summed E-state index contributed by atoms with van der Waals surface area (Å²) < 4.78 is 5.24. The van der Waals surface area contributed by atoms with Crippen LogP contribution < -0.4 is 0 Å². The van der Waals surface area contributed by atoms with E-state index in [0.717, 1.165) is 61.0 Å². The fourth-order valence-electron chi connectivity index (χ4n) is 5.16. The number of imidazole rings is 1. The minimum absolute atomic E-state index is 0.828. The maximum atomic E-state index is 5.41. The van der Waals surface area contributed by atoms with E-state index in [4.69, 9.17) is 10.1 Å². The molecule has 0 saturated carbocycles. The minimum Gasteiger partial charge on any atom is -0.292 e. The second-order valence-corrected chi connectivity index (χ2v) is 10.6. The lowest BCUT2D eigenvalue weighted by atomic mass is 10.0. The zero-order valence-electron chi connectivity index (χ0n) is 22.1. The predicted octanol–water partition coefficient (Wildman–Crippen LogP) is 9.49. The van der Waals surface area contributed by atoms with Crippen LogP contribution in [0.25, 0.3) is 56.5 Å². The average molecular weight is 594 g/mol. The van der Waals surface area contributed by atoms with Gasteiger partial charge in [-0.2, -0.15) is 5.10 Å². The highest BCUT2D eigenvalue weighted by Gasteiger charge is 2.26. The van der Waals surface area contributed by atoms with Crippen LogP contribution in [0.4, 0.5) is 0 Å². The summed E-state index contributed by atoms with van der Waals surface area (Å²) >= 11 is 3.59. The van der Waals surface area contributed by atoms with Gasteiger partial charge in [0.2, 0.25) is 0 Å². The third-order valence-corrected chi connectivity index (χ3v) is 7.61. The zero-order valence-corrected chi connectivity index (χ0v) is 23.7. The Morgan fingerprint density at radius 2 is 1.00 bits per heavy atom. The van der Waals surface area contributed by atoms with Gasteiger partial charge in [-0.3, -0.25) is 4.57 Å². The molecule has 0 aliphatic heterocycles. The molecule has 0 amide bonds. The number of para-hydroxylation sites is 2. The molecule has 2 heterocycles. The Kier molecular flexibility index (Phi) is 6.63. The molecule has 0 fully saturated rings. The van der Waals surface area contributed by atoms with Gasteiger partial charge < -0.3 is 0 Å². The molecule has 5 aromatic carbocycles. The fraction of sp³-hybridized carbons (Fsp3) is 0. The Morgan fingerprint density at radius 1 is 0.488 bits per heavy atom. The highest BCUT2D eigenvalue weighted by atomic mass is 79.9. The Bertz CT molecular complexity index is 1910. The van der Waals surface area contributed by atoms with Gasteiger partial charge >= 0.3 is 0 Å². The molecular formula is C36H25BrN4. The smallest absolute Gasteiger partial charge is 0.149 e. The number of nitrogens with zero attached hydrogens (tertiary/aromatic N) is 4. The van der Waals surface area contributed by atoms with E-state index in [-0.39, 0.29) is 0 Å². The molecule has 0 saturated heterocycles. The molecule has 7 aromatic rings. The summed E-state index contributed by atoms with van der Waals surface area (Å²) in [5, 5.41) is 5.12. The van der Waals surface area contributed by atoms with Crippen molar-refractivity contribution >= 4 is 15.9 Å². The van der Waals surface area contributed by atoms with Crippen molar-refractivity contribution < 1.29 is 0 Å². The van der Waals surface area contributed by atoms with E-state index in [1.165, 1.54) is 0 Å². The molecule has 0 radical (unpaired) electrons. The number of aromatic nitrogens is 4. The molecular weight excluding hydrogens is 568 g/mol. The lowest BCUT2D eigenvalue weighted by Crippen LogP contribution is -2.00. The van der Waals surface area contributed by atoms with Gasteiger partial charge in [0.05, 0.1) is 22.6 Å². The van der Waals surface area contributed by atoms with Crippen LogP contribution in [0, 0.1) is 0 Å². The third-order valence-electron chi connectivity index (χ3n) is 7.08. The van der Waals surface area contributed by atoms with Crippen molar-refractivity contribution in [1.29, 1.82) is 0 Å². The first kappa shape index (κ1) is 25.0. The summed E-state index contributed by atoms with van der Waals surface area (Å²) in [6, 6.07) is 49.8. The van der Waals surface area contributed by atoms with Gasteiger partial charge in [-0.15, -0.1) is 0 Å². The fourth-order valence-corrected chi connectivity index (χ4v) is 5.42. The zero-order chi connectivity index (χ0) is 27.6. The highest BCUT2D eigenvalue weighted by Crippen LogP contribution is 2.41. The van der Waals surface area contributed by atoms with Crippen LogP contribution in [0.5, 0.6) is 0 Å². The molecule has 0 atom stereocenters. The first-order valence-electron chi connectivity index (χ1n) is 13.5. The van der Waals surface area contributed by atoms with Crippen LogP contribution >= 0.6 is 15.9 Å². The number of hydrogen-bond acceptors (Lipinski definition) is 2. The molecule has 0 unspecified atom stereocenters. The topological polar surface area (TPSA) is 35.6 Å². The Hall–Kier alpha value is -5.00. The van der Waals surface area contributed by atoms with E-state index in [0.29, 0.717) is 0 Å². The van der Waals surface area contributed by atoms with Gasteiger partial charge in [-0.1, -0.05) is 125 Å². The largest absolute Gasteiger partial charge is 0.292 e. The molecule has 41 heavy (non-hydrogen) atoms. The SMILES string of the molecule is Brc1ccc(-c2nn(-c3ccccc3)cc2-c2nc(-c3ccccc3)c(-c3ccccc3)n2-c2ccccc2)cc1. The van der Waals surface area contributed by atoms with Crippen LogP contribution in [0.2, 0.25) is 0 Å². The Morgan fingerprint density at radius 3 is 1.61 bits per heavy atom. The van der Waals surface area contributed by atoms with E-state index in [2.05, 4.69) is 136 Å². The van der Waals surface area contributed by atoms with Gasteiger partial charge in [0, 0.05) is 33.0 Å². The van der Waals surface area contributed by atoms with Gasteiger partial charge in [0.15, 0.2) is 0 Å². The summed E-state index contributed by atoms with van der Waals surface area (Å²) in [4.78, 5) is 5.41. The van der Waals surface area contributed by atoms with Gasteiger partial charge in [0.1, 0.15) is 11.5 Å². The second kappa shape index (κ2) is 10.9. The Labute approximate surface area is 247 Å². The van der Waals surface area contributed by atoms with E-state index in [9.17, 15) is 0 Å². The summed E-state index contributed by atoms with van der Waals surface area (Å²) in [5.74, 6) is 0.828. The number of halogens is 1. The second-order valence-electron chi connectivity index (χ2n) is 9.71. The number of benzene rings is 5. The van der Waals surface area contributed by atoms with E-state index in [1.807, 2.05) is 41.1 Å². The summed E-state index contributed by atoms with van der Waals surface area (Å²) in [5.41, 5.74) is 8.95. The van der Waals surface area contributed by atoms with Crippen LogP contribution in [-0.2, 0) is 0 Å². The monoisotopic (exact) mass is 592 g/mol. The van der Waals surface area contributed by atoms with Crippen molar-refractivity contribution in [2.24, 2.45) is 0 Å². The molecule has 196 valence electrons. The molecule has 5 heteroatoms. The van der Waals surface area contributed by atoms with E-state index in [1.54, 1.807) is 0 Å². The van der Waals surface area contributed by atoms with Crippen molar-refractivity contribution in [1.82, 2.24) is 19.3 Å². The normalized spacial score (nSPS) is 11.0. The maximum Gasteiger partial charge on any atom is 0.149 e. The molecule has 0 spiro atoms. The molecule has 4 nitrogen and oxygen atoms in total. The van der Waals surface area contributed by atoms with Crippen molar-refractivity contribution in [3.63, 3.8) is 0 Å². The maximum absolute atomic E-state index is 5.41. The number of hydrogen-bond donors (Lipinski definition) is 0. The molecule has 2 aromatic heterocycles. The van der Waals surface area contributed by atoms with Crippen molar-refractivity contribution in [3.8, 4) is 56.5 Å². The number of rotatable bonds is 6. The van der Waals surface area contributed by atoms with Gasteiger partial charge in [-0.25, -0.2) is 9.67 Å². The first-order chi connectivity index (χ1) is 20.3. The van der Waals surface area contributed by atoms with E-state index >= 15 is 0 Å². The molecule has 0 bridgehead atoms. The summed E-state index contributed by atoms with van der Waals surface area (Å²) in [7, 11) is 0. The lowest BCUT2D eigenvalue weighted by molar-refractivity contribution is 0.884. The van der Waals surface area contributed by atoms with Crippen molar-refractivity contribution in [2.75, 3.05) is 0 Å². The van der Waals surface area contributed by atoms with Crippen LogP contribution in [0.1, 0.15) is 0 Å². The van der Waals surface area contributed by atoms with E-state index < -0.39 is 0 Å². The third kappa shape index (κ3) is 4.81. The minimum atomic E-state index is 0.828. The highest BCUT2D eigenvalue weighted by molar-refractivity contribution is 9.10. The van der Waals surface area contributed by atoms with Gasteiger partial charge in [0.25, 0.3) is 0 Å². The first-order valence-corrected chi connectivity index (χ1v) is 14.3. The molecule has 0 aliphatic rings. The quantitative estimate of drug-likeness (QED) is 0.193. The van der Waals surface area contributed by atoms with Gasteiger partial charge in [-0.05, 0) is 36.4 Å². The molecule has 0 aliphatic carbocycles. The predicted molar refractivity (Wildman–Crippen MR) is 170 cm³/mol. The van der Waals surface area contributed by atoms with Crippen LogP contribution in [0.3, 0.4) is 0 Å². The standard InChI is InChI=1S/C36H25BrN4/c37-29-23-21-27(22-24-29)33-32(25-40(39-33)30-17-9-3-10-18-30)36-38-34(26-13-5-1-6-14-26)35(28-15-7-2-8-16-28)41(36)31-19-11-4-12-20-31/h1-25H. The lowest BCUT2D eigenvalue weighted by Gasteiger charge is -2.13. The molecule has 7 rings (SSSR count). The summed E-state index contributed by atoms with van der Waals surface area (Å²) in [6.45, 7) is 0. The summed E-state index contributed by atoms with van der Waals surface area (Å²) in [6.07, 6.45) is 2.10. The van der Waals surface area contributed by atoms with Crippen molar-refractivity contribution in [2.45, 2.75) is 0 Å².